The number of anilines is 3. The van der Waals surface area contributed by atoms with Crippen molar-refractivity contribution in [2.45, 2.75) is 31.7 Å². The van der Waals surface area contributed by atoms with Gasteiger partial charge in [-0.25, -0.2) is 14.8 Å². The number of hydrogen-bond donors (Lipinski definition) is 2. The van der Waals surface area contributed by atoms with Crippen LogP contribution >= 0.6 is 0 Å². The van der Waals surface area contributed by atoms with E-state index in [1.807, 2.05) is 35.2 Å². The van der Waals surface area contributed by atoms with Crippen LogP contribution in [0.15, 0.2) is 48.8 Å². The van der Waals surface area contributed by atoms with E-state index in [1.54, 1.807) is 19.2 Å². The van der Waals surface area contributed by atoms with Crippen LogP contribution in [-0.4, -0.2) is 66.1 Å². The van der Waals surface area contributed by atoms with Gasteiger partial charge in [0.25, 0.3) is 0 Å². The Bertz CT molecular complexity index is 1370. The second-order valence-corrected chi connectivity index (χ2v) is 9.78. The lowest BCUT2D eigenvalue weighted by Gasteiger charge is -2.38. The van der Waals surface area contributed by atoms with E-state index in [-0.39, 0.29) is 17.9 Å². The number of aromatic nitrogens is 2. The number of rotatable bonds is 5. The molecule has 0 unspecified atom stereocenters. The van der Waals surface area contributed by atoms with E-state index in [4.69, 9.17) is 9.57 Å². The molecule has 4 heterocycles. The maximum absolute atomic E-state index is 13.2. The van der Waals surface area contributed by atoms with Crippen molar-refractivity contribution in [3.8, 4) is 5.75 Å². The second-order valence-electron chi connectivity index (χ2n) is 9.78. The van der Waals surface area contributed by atoms with Crippen LogP contribution < -0.4 is 20.4 Å². The van der Waals surface area contributed by atoms with Crippen LogP contribution in [-0.2, 0) is 17.7 Å². The van der Waals surface area contributed by atoms with Crippen molar-refractivity contribution < 1.29 is 19.2 Å². The Kier molecular flexibility index (Phi) is 6.55. The first-order valence-electron chi connectivity index (χ1n) is 13.0. The van der Waals surface area contributed by atoms with E-state index in [0.29, 0.717) is 24.4 Å². The fraction of sp³-hybridized carbons (Fsp3) is 0.357. The summed E-state index contributed by atoms with van der Waals surface area (Å²) in [5.74, 6) is 1.39. The lowest BCUT2D eigenvalue weighted by Crippen LogP contribution is -2.49. The molecule has 1 fully saturated rings. The molecule has 0 spiro atoms. The van der Waals surface area contributed by atoms with E-state index in [2.05, 4.69) is 25.7 Å². The van der Waals surface area contributed by atoms with Gasteiger partial charge in [-0.3, -0.25) is 15.1 Å². The summed E-state index contributed by atoms with van der Waals surface area (Å²) >= 11 is 0. The number of carbonyl (C=O) groups excluding carboxylic acids is 2. The summed E-state index contributed by atoms with van der Waals surface area (Å²) in [6.07, 6.45) is 4.62. The van der Waals surface area contributed by atoms with E-state index in [0.717, 1.165) is 72.8 Å². The van der Waals surface area contributed by atoms with Crippen molar-refractivity contribution in [2.24, 2.45) is 0 Å². The lowest BCUT2D eigenvalue weighted by atomic mass is 10.0. The molecule has 3 aromatic rings. The van der Waals surface area contributed by atoms with Crippen molar-refractivity contribution in [3.63, 3.8) is 0 Å². The Morgan fingerprint density at radius 2 is 1.82 bits per heavy atom. The monoisotopic (exact) mass is 514 g/mol. The van der Waals surface area contributed by atoms with Gasteiger partial charge in [-0.1, -0.05) is 0 Å². The zero-order valence-corrected chi connectivity index (χ0v) is 21.3. The SMILES string of the molecule is COc1ccc2c(c1)CCN(C1CCN(c3cc(C(=O)c4ccc5c(c4)CCON5)ncn3)CC1)C(=O)N2. The van der Waals surface area contributed by atoms with Gasteiger partial charge in [-0.05, 0) is 66.8 Å². The molecule has 0 atom stereocenters. The second kappa shape index (κ2) is 10.3. The number of amides is 2. The summed E-state index contributed by atoms with van der Waals surface area (Å²) < 4.78 is 5.34. The van der Waals surface area contributed by atoms with Gasteiger partial charge in [0.2, 0.25) is 5.78 Å². The number of carbonyl (C=O) groups is 2. The Morgan fingerprint density at radius 1 is 1.00 bits per heavy atom. The summed E-state index contributed by atoms with van der Waals surface area (Å²) in [5.41, 5.74) is 7.73. The van der Waals surface area contributed by atoms with Gasteiger partial charge in [0.05, 0.1) is 19.4 Å². The molecule has 1 saturated heterocycles. The third-order valence-electron chi connectivity index (χ3n) is 7.57. The number of nitrogens with one attached hydrogen (secondary N) is 2. The molecule has 3 aliphatic rings. The first kappa shape index (κ1) is 24.2. The van der Waals surface area contributed by atoms with Gasteiger partial charge >= 0.3 is 6.03 Å². The number of piperidine rings is 1. The van der Waals surface area contributed by atoms with Crippen LogP contribution in [0.3, 0.4) is 0 Å². The number of ether oxygens (including phenoxy) is 1. The Labute approximate surface area is 220 Å². The van der Waals surface area contributed by atoms with Crippen molar-refractivity contribution in [1.82, 2.24) is 14.9 Å². The molecular weight excluding hydrogens is 484 g/mol. The highest BCUT2D eigenvalue weighted by molar-refractivity contribution is 6.08. The average molecular weight is 515 g/mol. The van der Waals surface area contributed by atoms with Crippen LogP contribution in [0.25, 0.3) is 0 Å². The van der Waals surface area contributed by atoms with E-state index >= 15 is 0 Å². The zero-order chi connectivity index (χ0) is 26.1. The first-order chi connectivity index (χ1) is 18.6. The molecule has 38 heavy (non-hydrogen) atoms. The van der Waals surface area contributed by atoms with Crippen molar-refractivity contribution in [2.75, 3.05) is 49.0 Å². The summed E-state index contributed by atoms with van der Waals surface area (Å²) in [7, 11) is 1.65. The van der Waals surface area contributed by atoms with Gasteiger partial charge in [0.1, 0.15) is 23.6 Å². The number of methoxy groups -OCH3 is 1. The van der Waals surface area contributed by atoms with Gasteiger partial charge in [0, 0.05) is 49.4 Å². The summed E-state index contributed by atoms with van der Waals surface area (Å²) in [6.45, 7) is 2.71. The molecule has 0 bridgehead atoms. The summed E-state index contributed by atoms with van der Waals surface area (Å²) in [6, 6.07) is 13.2. The maximum Gasteiger partial charge on any atom is 0.322 e. The van der Waals surface area contributed by atoms with Crippen molar-refractivity contribution in [1.29, 1.82) is 0 Å². The zero-order valence-electron chi connectivity index (χ0n) is 21.3. The minimum atomic E-state index is -0.129. The number of ketones is 1. The lowest BCUT2D eigenvalue weighted by molar-refractivity contribution is 0.103. The van der Waals surface area contributed by atoms with Crippen LogP contribution in [0.5, 0.6) is 5.75 Å². The normalized spacial score (nSPS) is 17.6. The molecule has 2 amide bonds. The number of urea groups is 1. The quantitative estimate of drug-likeness (QED) is 0.497. The van der Waals surface area contributed by atoms with Gasteiger partial charge in [0.15, 0.2) is 0 Å². The molecular formula is C28H30N6O4. The molecule has 1 aromatic heterocycles. The largest absolute Gasteiger partial charge is 0.497 e. The smallest absolute Gasteiger partial charge is 0.322 e. The molecule has 0 aliphatic carbocycles. The van der Waals surface area contributed by atoms with Crippen molar-refractivity contribution in [3.05, 3.63) is 71.2 Å². The number of benzene rings is 2. The Balaban J connectivity index is 1.11. The fourth-order valence-corrected chi connectivity index (χ4v) is 5.43. The number of fused-ring (bicyclic) bond motifs is 2. The summed E-state index contributed by atoms with van der Waals surface area (Å²) in [4.78, 5) is 44.3. The minimum Gasteiger partial charge on any atom is -0.497 e. The molecule has 6 rings (SSSR count). The van der Waals surface area contributed by atoms with Crippen LogP contribution in [0.4, 0.5) is 22.0 Å². The van der Waals surface area contributed by atoms with E-state index < -0.39 is 0 Å². The van der Waals surface area contributed by atoms with Gasteiger partial charge in [-0.2, -0.15) is 0 Å². The van der Waals surface area contributed by atoms with Crippen LogP contribution in [0.2, 0.25) is 0 Å². The molecule has 196 valence electrons. The minimum absolute atomic E-state index is 0.0610. The fourth-order valence-electron chi connectivity index (χ4n) is 5.43. The number of hydrogen-bond acceptors (Lipinski definition) is 8. The first-order valence-corrected chi connectivity index (χ1v) is 13.0. The van der Waals surface area contributed by atoms with Crippen LogP contribution in [0.1, 0.15) is 40.0 Å². The highest BCUT2D eigenvalue weighted by atomic mass is 16.6. The van der Waals surface area contributed by atoms with Gasteiger partial charge < -0.3 is 19.9 Å². The highest BCUT2D eigenvalue weighted by Crippen LogP contribution is 2.29. The highest BCUT2D eigenvalue weighted by Gasteiger charge is 2.31. The molecule has 0 saturated carbocycles. The topological polar surface area (TPSA) is 109 Å². The molecule has 2 aromatic carbocycles. The number of nitrogens with zero attached hydrogens (tertiary/aromatic N) is 4. The Morgan fingerprint density at radius 3 is 2.66 bits per heavy atom. The van der Waals surface area contributed by atoms with E-state index in [9.17, 15) is 9.59 Å². The molecule has 10 nitrogen and oxygen atoms in total. The molecule has 3 aliphatic heterocycles. The standard InChI is InChI=1S/C28H30N6O4/c1-37-22-3-5-23-18(15-22)6-12-34(28(36)31-23)21-7-10-33(11-8-21)26-16-25(29-17-30-26)27(35)20-2-4-24-19(14-20)9-13-38-32-24/h2-5,14-17,21,32H,6-13H2,1H3,(H,31,36). The predicted octanol–water partition coefficient (Wildman–Crippen LogP) is 3.67. The third-order valence-corrected chi connectivity index (χ3v) is 7.57. The van der Waals surface area contributed by atoms with Crippen LogP contribution in [0, 0.1) is 0 Å². The third kappa shape index (κ3) is 4.74. The van der Waals surface area contributed by atoms with E-state index in [1.165, 1.54) is 6.33 Å². The molecule has 0 radical (unpaired) electrons. The summed E-state index contributed by atoms with van der Waals surface area (Å²) in [5, 5.41) is 3.07. The average Bonchev–Trinajstić information content (AvgIpc) is 3.14. The maximum atomic E-state index is 13.2. The predicted molar refractivity (Wildman–Crippen MR) is 143 cm³/mol. The molecule has 10 heteroatoms. The van der Waals surface area contributed by atoms with Gasteiger partial charge in [-0.15, -0.1) is 0 Å². The molecule has 2 N–H and O–H groups in total. The van der Waals surface area contributed by atoms with Crippen molar-refractivity contribution >= 4 is 29.0 Å². The Hall–Kier alpha value is -4.18.